The van der Waals surface area contributed by atoms with Gasteiger partial charge in [0.2, 0.25) is 0 Å². The minimum Gasteiger partial charge on any atom is -0.456 e. The van der Waals surface area contributed by atoms with Crippen molar-refractivity contribution in [1.29, 1.82) is 0 Å². The van der Waals surface area contributed by atoms with E-state index in [-0.39, 0.29) is 0 Å². The van der Waals surface area contributed by atoms with Crippen molar-refractivity contribution in [2.24, 2.45) is 0 Å². The van der Waals surface area contributed by atoms with E-state index in [0.29, 0.717) is 5.82 Å². The molecule has 0 N–H and O–H groups in total. The first-order valence-electron chi connectivity index (χ1n) is 19.5. The fourth-order valence-corrected chi connectivity index (χ4v) is 8.74. The first-order chi connectivity index (χ1) is 28.7. The summed E-state index contributed by atoms with van der Waals surface area (Å²) < 4.78 is 8.88. The molecule has 8 aromatic carbocycles. The zero-order valence-corrected chi connectivity index (χ0v) is 31.2. The Balaban J connectivity index is 1.05. The summed E-state index contributed by atoms with van der Waals surface area (Å²) in [6.45, 7) is 0. The second-order valence-electron chi connectivity index (χ2n) is 14.8. The lowest BCUT2D eigenvalue weighted by atomic mass is 9.98. The number of hydrogen-bond acceptors (Lipinski definition) is 4. The molecule has 0 aliphatic carbocycles. The van der Waals surface area contributed by atoms with Crippen LogP contribution in [0.3, 0.4) is 0 Å². The Morgan fingerprint density at radius 2 is 1.14 bits per heavy atom. The topological polar surface area (TPSA) is 56.7 Å². The molecule has 12 rings (SSSR count). The largest absolute Gasteiger partial charge is 0.456 e. The van der Waals surface area contributed by atoms with Crippen LogP contribution >= 0.6 is 0 Å². The van der Waals surface area contributed by atoms with Gasteiger partial charge in [-0.1, -0.05) is 127 Å². The molecule has 4 heterocycles. The summed E-state index contributed by atoms with van der Waals surface area (Å²) in [5.41, 5.74) is 13.1. The fraction of sp³-hybridized carbons (Fsp3) is 0. The normalized spacial score (nSPS) is 11.8. The molecule has 5 nitrogen and oxygen atoms in total. The Morgan fingerprint density at radius 1 is 0.431 bits per heavy atom. The van der Waals surface area contributed by atoms with Crippen LogP contribution in [0.25, 0.3) is 116 Å². The minimum absolute atomic E-state index is 0.650. The lowest BCUT2D eigenvalue weighted by Crippen LogP contribution is -1.97. The smallest absolute Gasteiger partial charge is 0.161 e. The molecule has 270 valence electrons. The Kier molecular flexibility index (Phi) is 7.16. The summed E-state index contributed by atoms with van der Waals surface area (Å²) in [7, 11) is 0. The third kappa shape index (κ3) is 5.07. The van der Waals surface area contributed by atoms with Crippen molar-refractivity contribution in [2.45, 2.75) is 0 Å². The average molecular weight is 741 g/mol. The fourth-order valence-electron chi connectivity index (χ4n) is 8.74. The summed E-state index contributed by atoms with van der Waals surface area (Å²) in [6.07, 6.45) is 1.95. The highest BCUT2D eigenvalue weighted by molar-refractivity contribution is 6.16. The number of fused-ring (bicyclic) bond motifs is 9. The number of nitrogens with zero attached hydrogens (tertiary/aromatic N) is 4. The molecule has 4 aromatic heterocycles. The van der Waals surface area contributed by atoms with E-state index in [9.17, 15) is 0 Å². The minimum atomic E-state index is 0.650. The van der Waals surface area contributed by atoms with E-state index in [4.69, 9.17) is 19.4 Å². The van der Waals surface area contributed by atoms with Crippen LogP contribution in [-0.4, -0.2) is 19.5 Å². The van der Waals surface area contributed by atoms with Gasteiger partial charge in [0.25, 0.3) is 0 Å². The number of benzene rings is 8. The molecule has 0 fully saturated rings. The highest BCUT2D eigenvalue weighted by Crippen LogP contribution is 2.41. The summed E-state index contributed by atoms with van der Waals surface area (Å²) in [6, 6.07) is 65.8. The first kappa shape index (κ1) is 32.4. The van der Waals surface area contributed by atoms with Crippen molar-refractivity contribution in [1.82, 2.24) is 19.5 Å². The first-order valence-corrected chi connectivity index (χ1v) is 19.5. The second kappa shape index (κ2) is 12.8. The summed E-state index contributed by atoms with van der Waals surface area (Å²) in [5, 5.41) is 7.57. The van der Waals surface area contributed by atoms with Crippen molar-refractivity contribution >= 4 is 65.4 Å². The SMILES string of the molecule is c1ccc(-c2cc3c(ccc4nc(-c5cccc6oc7ccc(-c8ccc9c(c8)c8ccccc8n9-c8ccccc8)cc7c56)nc(-c5ccccc5)c43)cn2)cc1. The Labute approximate surface area is 333 Å². The van der Waals surface area contributed by atoms with E-state index >= 15 is 0 Å². The van der Waals surface area contributed by atoms with Gasteiger partial charge in [-0.05, 0) is 77.2 Å². The van der Waals surface area contributed by atoms with Gasteiger partial charge in [-0.15, -0.1) is 0 Å². The Morgan fingerprint density at radius 3 is 1.97 bits per heavy atom. The molecule has 0 aliphatic rings. The van der Waals surface area contributed by atoms with Crippen LogP contribution in [0.1, 0.15) is 0 Å². The molecule has 0 unspecified atom stereocenters. The number of aromatic nitrogens is 4. The average Bonchev–Trinajstić information content (AvgIpc) is 3.84. The van der Waals surface area contributed by atoms with Gasteiger partial charge in [0, 0.05) is 60.9 Å². The van der Waals surface area contributed by atoms with Crippen LogP contribution in [-0.2, 0) is 0 Å². The summed E-state index contributed by atoms with van der Waals surface area (Å²) in [4.78, 5) is 15.6. The van der Waals surface area contributed by atoms with E-state index < -0.39 is 0 Å². The molecular formula is C53H32N4O. The standard InChI is InChI=1S/C53H32N4O/c1-4-13-33(14-5-1)45-31-41-37(32-54-45)23-26-44-51(41)52(34-15-6-2-7-16-34)56-53(55-44)40-20-12-22-49-50(40)43-30-36(25-28-48(43)58-49)35-24-27-47-42(29-35)39-19-10-11-21-46(39)57(47)38-17-8-3-9-18-38/h1-32H. The van der Waals surface area contributed by atoms with Gasteiger partial charge in [0.05, 0.1) is 27.9 Å². The third-order valence-corrected chi connectivity index (χ3v) is 11.4. The molecule has 58 heavy (non-hydrogen) atoms. The van der Waals surface area contributed by atoms with E-state index in [1.807, 2.05) is 42.6 Å². The van der Waals surface area contributed by atoms with E-state index in [1.54, 1.807) is 0 Å². The predicted molar refractivity (Wildman–Crippen MR) is 238 cm³/mol. The van der Waals surface area contributed by atoms with Crippen LogP contribution in [0.15, 0.2) is 199 Å². The molecule has 5 heteroatoms. The zero-order chi connectivity index (χ0) is 38.2. The molecule has 0 amide bonds. The molecule has 0 saturated carbocycles. The third-order valence-electron chi connectivity index (χ3n) is 11.4. The summed E-state index contributed by atoms with van der Waals surface area (Å²) in [5.74, 6) is 0.650. The Bertz CT molecular complexity index is 3550. The molecule has 0 saturated heterocycles. The van der Waals surface area contributed by atoms with Crippen molar-refractivity contribution < 1.29 is 4.42 Å². The maximum absolute atomic E-state index is 6.54. The van der Waals surface area contributed by atoms with Gasteiger partial charge >= 0.3 is 0 Å². The maximum Gasteiger partial charge on any atom is 0.161 e. The van der Waals surface area contributed by atoms with Gasteiger partial charge < -0.3 is 8.98 Å². The second-order valence-corrected chi connectivity index (χ2v) is 14.8. The monoisotopic (exact) mass is 740 g/mol. The van der Waals surface area contributed by atoms with Gasteiger partial charge in [0.1, 0.15) is 11.2 Å². The van der Waals surface area contributed by atoms with Crippen molar-refractivity contribution in [3.63, 3.8) is 0 Å². The van der Waals surface area contributed by atoms with E-state index in [1.165, 1.54) is 21.8 Å². The van der Waals surface area contributed by atoms with Gasteiger partial charge in [-0.2, -0.15) is 0 Å². The molecule has 0 spiro atoms. The number of para-hydroxylation sites is 2. The van der Waals surface area contributed by atoms with Crippen LogP contribution in [0.2, 0.25) is 0 Å². The molecule has 0 radical (unpaired) electrons. The number of pyridine rings is 1. The van der Waals surface area contributed by atoms with Crippen molar-refractivity contribution in [3.8, 4) is 50.7 Å². The van der Waals surface area contributed by atoms with E-state index in [2.05, 4.69) is 156 Å². The van der Waals surface area contributed by atoms with Crippen LogP contribution < -0.4 is 0 Å². The van der Waals surface area contributed by atoms with Gasteiger partial charge in [-0.25, -0.2) is 9.97 Å². The van der Waals surface area contributed by atoms with Gasteiger partial charge in [-0.3, -0.25) is 4.98 Å². The van der Waals surface area contributed by atoms with Crippen molar-refractivity contribution in [3.05, 3.63) is 194 Å². The highest BCUT2D eigenvalue weighted by Gasteiger charge is 2.20. The molecule has 0 atom stereocenters. The molecule has 0 aliphatic heterocycles. The molecule has 12 aromatic rings. The van der Waals surface area contributed by atoms with Crippen molar-refractivity contribution in [2.75, 3.05) is 0 Å². The molecular weight excluding hydrogens is 709 g/mol. The predicted octanol–water partition coefficient (Wildman–Crippen LogP) is 13.8. The molecule has 0 bridgehead atoms. The zero-order valence-electron chi connectivity index (χ0n) is 31.2. The highest BCUT2D eigenvalue weighted by atomic mass is 16.3. The van der Waals surface area contributed by atoms with Crippen LogP contribution in [0.4, 0.5) is 0 Å². The quantitative estimate of drug-likeness (QED) is 0.165. The maximum atomic E-state index is 6.54. The number of furan rings is 1. The lowest BCUT2D eigenvalue weighted by molar-refractivity contribution is 0.669. The van der Waals surface area contributed by atoms with Gasteiger partial charge in [0.15, 0.2) is 5.82 Å². The van der Waals surface area contributed by atoms with E-state index in [0.717, 1.165) is 88.5 Å². The summed E-state index contributed by atoms with van der Waals surface area (Å²) >= 11 is 0. The van der Waals surface area contributed by atoms with Crippen LogP contribution in [0.5, 0.6) is 0 Å². The number of hydrogen-bond donors (Lipinski definition) is 0. The lowest BCUT2D eigenvalue weighted by Gasteiger charge is -2.13. The van der Waals surface area contributed by atoms with Crippen LogP contribution in [0, 0.1) is 0 Å². The number of rotatable bonds is 5. The Hall–Kier alpha value is -7.89.